The van der Waals surface area contributed by atoms with E-state index in [4.69, 9.17) is 11.6 Å². The van der Waals surface area contributed by atoms with Crippen molar-refractivity contribution in [2.75, 3.05) is 0 Å². The maximum absolute atomic E-state index is 12.1. The van der Waals surface area contributed by atoms with E-state index < -0.39 is 0 Å². The Hall–Kier alpha value is -1.88. The summed E-state index contributed by atoms with van der Waals surface area (Å²) < 4.78 is 1.63. The Labute approximate surface area is 129 Å². The zero-order valence-electron chi connectivity index (χ0n) is 12.4. The van der Waals surface area contributed by atoms with Crippen molar-refractivity contribution in [3.8, 4) is 5.69 Å². The van der Waals surface area contributed by atoms with Gasteiger partial charge in [0.1, 0.15) is 5.82 Å². The van der Waals surface area contributed by atoms with Gasteiger partial charge in [0.05, 0.1) is 5.69 Å². The number of carbonyl (C=O) groups excluding carboxylic acids is 1. The zero-order chi connectivity index (χ0) is 15.4. The van der Waals surface area contributed by atoms with Crippen LogP contribution in [0, 0.1) is 6.92 Å². The van der Waals surface area contributed by atoms with Gasteiger partial charge in [-0.2, -0.15) is 0 Å². The van der Waals surface area contributed by atoms with Gasteiger partial charge < -0.3 is 5.32 Å². The molecule has 21 heavy (non-hydrogen) atoms. The molecule has 0 saturated heterocycles. The monoisotopic (exact) mass is 306 g/mol. The summed E-state index contributed by atoms with van der Waals surface area (Å²) in [5, 5.41) is 7.83. The van der Waals surface area contributed by atoms with Crippen molar-refractivity contribution < 1.29 is 4.79 Å². The molecular weight excluding hydrogens is 288 g/mol. The number of hydrogen-bond donors (Lipinski definition) is 1. The molecule has 1 N–H and O–H groups in total. The van der Waals surface area contributed by atoms with Crippen molar-refractivity contribution in [3.63, 3.8) is 0 Å². The summed E-state index contributed by atoms with van der Waals surface area (Å²) in [5.41, 5.74) is 0.824. The van der Waals surface area contributed by atoms with Crippen molar-refractivity contribution in [1.29, 1.82) is 0 Å². The molecule has 112 valence electrons. The topological polar surface area (TPSA) is 59.8 Å². The predicted molar refractivity (Wildman–Crippen MR) is 82.9 cm³/mol. The molecule has 0 aliphatic heterocycles. The van der Waals surface area contributed by atoms with Crippen LogP contribution in [0.25, 0.3) is 5.69 Å². The molecule has 1 amide bonds. The fourth-order valence-electron chi connectivity index (χ4n) is 2.11. The lowest BCUT2D eigenvalue weighted by Gasteiger charge is -2.10. The summed E-state index contributed by atoms with van der Waals surface area (Å²) in [7, 11) is 0. The quantitative estimate of drug-likeness (QED) is 0.923. The molecule has 6 heteroatoms. The second kappa shape index (κ2) is 6.72. The summed E-state index contributed by atoms with van der Waals surface area (Å²) in [5.74, 6) is 0.600. The number of benzene rings is 1. The molecule has 0 saturated carbocycles. The normalized spacial score (nSPS) is 12.2. The van der Waals surface area contributed by atoms with Crippen molar-refractivity contribution in [2.24, 2.45) is 0 Å². The molecule has 0 aliphatic carbocycles. The molecule has 2 aromatic rings. The highest BCUT2D eigenvalue weighted by molar-refractivity contribution is 6.30. The van der Waals surface area contributed by atoms with Gasteiger partial charge in [-0.3, -0.25) is 4.79 Å². The van der Waals surface area contributed by atoms with Crippen LogP contribution in [0.2, 0.25) is 5.02 Å². The molecular formula is C15H19ClN4O. The van der Waals surface area contributed by atoms with Crippen LogP contribution in [0.4, 0.5) is 0 Å². The van der Waals surface area contributed by atoms with E-state index in [1.807, 2.05) is 26.0 Å². The molecule has 1 heterocycles. The van der Waals surface area contributed by atoms with Gasteiger partial charge in [0, 0.05) is 11.1 Å². The predicted octanol–water partition coefficient (Wildman–Crippen LogP) is 3.15. The number of aryl methyl sites for hydroxylation is 1. The first-order valence-corrected chi connectivity index (χ1v) is 7.39. The van der Waals surface area contributed by atoms with Crippen molar-refractivity contribution in [1.82, 2.24) is 20.1 Å². The third-order valence-electron chi connectivity index (χ3n) is 3.14. The third kappa shape index (κ3) is 3.82. The number of hydrogen-bond acceptors (Lipinski definition) is 3. The van der Waals surface area contributed by atoms with Gasteiger partial charge in [-0.25, -0.2) is 9.67 Å². The zero-order valence-corrected chi connectivity index (χ0v) is 13.2. The van der Waals surface area contributed by atoms with E-state index in [0.29, 0.717) is 10.8 Å². The molecule has 1 aromatic carbocycles. The van der Waals surface area contributed by atoms with Gasteiger partial charge in [-0.15, -0.1) is 5.10 Å². The Morgan fingerprint density at radius 2 is 2.05 bits per heavy atom. The fraction of sp³-hybridized carbons (Fsp3) is 0.400. The van der Waals surface area contributed by atoms with Crippen LogP contribution in [0.15, 0.2) is 24.3 Å². The van der Waals surface area contributed by atoms with Gasteiger partial charge >= 0.3 is 0 Å². The van der Waals surface area contributed by atoms with Crippen LogP contribution in [0.5, 0.6) is 0 Å². The Morgan fingerprint density at radius 1 is 1.38 bits per heavy atom. The average molecular weight is 307 g/mol. The first-order valence-electron chi connectivity index (χ1n) is 7.01. The minimum Gasteiger partial charge on any atom is -0.347 e. The highest BCUT2D eigenvalue weighted by Gasteiger charge is 2.16. The summed E-state index contributed by atoms with van der Waals surface area (Å²) >= 11 is 5.87. The van der Waals surface area contributed by atoms with Gasteiger partial charge in [0.15, 0.2) is 0 Å². The highest BCUT2D eigenvalue weighted by Crippen LogP contribution is 2.14. The average Bonchev–Trinajstić information content (AvgIpc) is 2.82. The Morgan fingerprint density at radius 3 is 2.67 bits per heavy atom. The molecule has 0 spiro atoms. The smallest absolute Gasteiger partial charge is 0.291 e. The molecule has 0 fully saturated rings. The molecule has 1 atom stereocenters. The molecule has 1 unspecified atom stereocenters. The largest absolute Gasteiger partial charge is 0.347 e. The van der Waals surface area contributed by atoms with Crippen molar-refractivity contribution in [3.05, 3.63) is 40.9 Å². The van der Waals surface area contributed by atoms with E-state index in [9.17, 15) is 4.79 Å². The molecule has 0 radical (unpaired) electrons. The Kier molecular flexibility index (Phi) is 4.96. The summed E-state index contributed by atoms with van der Waals surface area (Å²) in [6.45, 7) is 5.87. The third-order valence-corrected chi connectivity index (χ3v) is 3.39. The first-order chi connectivity index (χ1) is 10.0. The van der Waals surface area contributed by atoms with E-state index in [0.717, 1.165) is 18.5 Å². The maximum atomic E-state index is 12.1. The van der Waals surface area contributed by atoms with Crippen LogP contribution in [0.3, 0.4) is 0 Å². The van der Waals surface area contributed by atoms with Gasteiger partial charge in [-0.1, -0.05) is 24.9 Å². The SMILES string of the molecule is CCCC(C)NC(=O)c1nc(C)n(-c2ccc(Cl)cc2)n1. The van der Waals surface area contributed by atoms with Crippen molar-refractivity contribution >= 4 is 17.5 Å². The number of carbonyl (C=O) groups is 1. The van der Waals surface area contributed by atoms with Crippen molar-refractivity contribution in [2.45, 2.75) is 39.7 Å². The molecule has 2 rings (SSSR count). The minimum absolute atomic E-state index is 0.116. The number of aromatic nitrogens is 3. The fourth-order valence-corrected chi connectivity index (χ4v) is 2.23. The molecule has 0 aliphatic rings. The summed E-state index contributed by atoms with van der Waals surface area (Å²) in [6, 6.07) is 7.35. The van der Waals surface area contributed by atoms with Crippen LogP contribution in [-0.2, 0) is 0 Å². The van der Waals surface area contributed by atoms with E-state index in [-0.39, 0.29) is 17.8 Å². The standard InChI is InChI=1S/C15H19ClN4O/c1-4-5-10(2)17-15(21)14-18-11(3)20(19-14)13-8-6-12(16)7-9-13/h6-10H,4-5H2,1-3H3,(H,17,21). The lowest BCUT2D eigenvalue weighted by molar-refractivity contribution is 0.0928. The highest BCUT2D eigenvalue weighted by atomic mass is 35.5. The first kappa shape index (κ1) is 15.5. The minimum atomic E-state index is -0.244. The maximum Gasteiger partial charge on any atom is 0.291 e. The lowest BCUT2D eigenvalue weighted by atomic mass is 10.2. The summed E-state index contributed by atoms with van der Waals surface area (Å²) in [4.78, 5) is 16.3. The molecule has 0 bridgehead atoms. The molecule has 5 nitrogen and oxygen atoms in total. The Bertz CT molecular complexity index is 621. The number of nitrogens with one attached hydrogen (secondary N) is 1. The van der Waals surface area contributed by atoms with Crippen LogP contribution in [0.1, 0.15) is 43.1 Å². The van der Waals surface area contributed by atoms with E-state index in [2.05, 4.69) is 22.3 Å². The summed E-state index contributed by atoms with van der Waals surface area (Å²) in [6.07, 6.45) is 1.95. The van der Waals surface area contributed by atoms with Crippen LogP contribution >= 0.6 is 11.6 Å². The lowest BCUT2D eigenvalue weighted by Crippen LogP contribution is -2.33. The number of halogens is 1. The Balaban J connectivity index is 2.19. The number of rotatable bonds is 5. The van der Waals surface area contributed by atoms with Crippen LogP contribution < -0.4 is 5.32 Å². The number of nitrogens with zero attached hydrogens (tertiary/aromatic N) is 3. The van der Waals surface area contributed by atoms with E-state index >= 15 is 0 Å². The number of amides is 1. The van der Waals surface area contributed by atoms with E-state index in [1.54, 1.807) is 16.8 Å². The van der Waals surface area contributed by atoms with Gasteiger partial charge in [-0.05, 0) is 44.5 Å². The second-order valence-electron chi connectivity index (χ2n) is 5.03. The second-order valence-corrected chi connectivity index (χ2v) is 5.47. The van der Waals surface area contributed by atoms with Gasteiger partial charge in [0.2, 0.25) is 5.82 Å². The van der Waals surface area contributed by atoms with Gasteiger partial charge in [0.25, 0.3) is 5.91 Å². The van der Waals surface area contributed by atoms with Crippen LogP contribution in [-0.4, -0.2) is 26.7 Å². The molecule has 1 aromatic heterocycles. The van der Waals surface area contributed by atoms with E-state index in [1.165, 1.54) is 0 Å².